The molecule has 1 saturated heterocycles. The standard InChI is InChI=1S/C5H9NO2.CH2N4/c7-5(8)4-2-1-3-6-4;1-2-4-5-3-1/h4,6H,1-3H2,(H,7,8);1H,(H,2,3,4,5). The molecule has 0 aromatic carbocycles. The molecule has 0 radical (unpaired) electrons. The van der Waals surface area contributed by atoms with Crippen molar-refractivity contribution in [2.75, 3.05) is 6.54 Å². The highest BCUT2D eigenvalue weighted by molar-refractivity contribution is 5.73. The molecular formula is C6H11N5O2. The van der Waals surface area contributed by atoms with Gasteiger partial charge in [0.15, 0.2) is 0 Å². The lowest BCUT2D eigenvalue weighted by Crippen LogP contribution is -2.29. The van der Waals surface area contributed by atoms with Crippen LogP contribution in [0.2, 0.25) is 0 Å². The Hall–Kier alpha value is -1.50. The number of carboxylic acid groups (broad SMARTS) is 1. The van der Waals surface area contributed by atoms with E-state index in [4.69, 9.17) is 5.11 Å². The fourth-order valence-corrected chi connectivity index (χ4v) is 1.02. The Morgan fingerprint density at radius 2 is 2.46 bits per heavy atom. The van der Waals surface area contributed by atoms with Crippen molar-refractivity contribution in [3.63, 3.8) is 0 Å². The van der Waals surface area contributed by atoms with Crippen LogP contribution in [-0.4, -0.2) is 44.3 Å². The van der Waals surface area contributed by atoms with Crippen LogP contribution in [0.15, 0.2) is 6.33 Å². The van der Waals surface area contributed by atoms with Crippen molar-refractivity contribution in [1.82, 2.24) is 25.9 Å². The molecule has 0 spiro atoms. The van der Waals surface area contributed by atoms with Crippen LogP contribution in [0.3, 0.4) is 0 Å². The second-order valence-corrected chi connectivity index (χ2v) is 2.55. The van der Waals surface area contributed by atoms with E-state index in [1.807, 2.05) is 0 Å². The molecule has 0 saturated carbocycles. The maximum Gasteiger partial charge on any atom is 0.320 e. The number of rotatable bonds is 1. The number of aliphatic carboxylic acids is 1. The number of hydrogen-bond acceptors (Lipinski definition) is 5. The van der Waals surface area contributed by atoms with Crippen molar-refractivity contribution >= 4 is 5.97 Å². The predicted octanol–water partition coefficient (Wildman–Crippen LogP) is -0.977. The lowest BCUT2D eigenvalue weighted by Gasteiger charge is -1.99. The molecule has 13 heavy (non-hydrogen) atoms. The molecule has 3 N–H and O–H groups in total. The number of tetrazole rings is 1. The van der Waals surface area contributed by atoms with Gasteiger partial charge in [-0.15, -0.1) is 5.10 Å². The quantitative estimate of drug-likeness (QED) is 0.519. The van der Waals surface area contributed by atoms with E-state index >= 15 is 0 Å². The number of carbonyl (C=O) groups is 1. The van der Waals surface area contributed by atoms with Gasteiger partial charge in [0, 0.05) is 0 Å². The fourth-order valence-electron chi connectivity index (χ4n) is 1.02. The molecule has 1 aromatic heterocycles. The van der Waals surface area contributed by atoms with Gasteiger partial charge >= 0.3 is 5.97 Å². The van der Waals surface area contributed by atoms with Crippen LogP contribution in [0.4, 0.5) is 0 Å². The third kappa shape index (κ3) is 3.61. The summed E-state index contributed by atoms with van der Waals surface area (Å²) in [6.45, 7) is 0.858. The summed E-state index contributed by atoms with van der Waals surface area (Å²) in [4.78, 5) is 10.1. The lowest BCUT2D eigenvalue weighted by atomic mass is 10.2. The topological polar surface area (TPSA) is 104 Å². The zero-order valence-electron chi connectivity index (χ0n) is 6.97. The van der Waals surface area contributed by atoms with Crippen molar-refractivity contribution in [1.29, 1.82) is 0 Å². The molecule has 0 bridgehead atoms. The van der Waals surface area contributed by atoms with E-state index in [9.17, 15) is 4.79 Å². The number of nitrogens with one attached hydrogen (secondary N) is 2. The first kappa shape index (κ1) is 9.59. The molecule has 2 heterocycles. The smallest absolute Gasteiger partial charge is 0.320 e. The van der Waals surface area contributed by atoms with Gasteiger partial charge in [0.2, 0.25) is 0 Å². The SMILES string of the molecule is O=C(O)C1CCCN1.c1nnn[nH]1. The molecule has 1 fully saturated rings. The second-order valence-electron chi connectivity index (χ2n) is 2.55. The van der Waals surface area contributed by atoms with Gasteiger partial charge in [-0.1, -0.05) is 0 Å². The highest BCUT2D eigenvalue weighted by Crippen LogP contribution is 2.03. The molecule has 7 heteroatoms. The summed E-state index contributed by atoms with van der Waals surface area (Å²) in [5, 5.41) is 23.3. The van der Waals surface area contributed by atoms with Gasteiger partial charge in [0.25, 0.3) is 0 Å². The molecule has 72 valence electrons. The van der Waals surface area contributed by atoms with Crippen molar-refractivity contribution < 1.29 is 9.90 Å². The van der Waals surface area contributed by atoms with Gasteiger partial charge in [-0.3, -0.25) is 4.79 Å². The minimum atomic E-state index is -0.720. The summed E-state index contributed by atoms with van der Waals surface area (Å²) in [6, 6.07) is -0.269. The predicted molar refractivity (Wildman–Crippen MR) is 42.8 cm³/mol. The van der Waals surface area contributed by atoms with Crippen molar-refractivity contribution in [2.24, 2.45) is 0 Å². The minimum Gasteiger partial charge on any atom is -0.480 e. The normalized spacial score (nSPS) is 20.5. The number of H-pyrrole nitrogens is 1. The number of aromatic nitrogens is 4. The minimum absolute atomic E-state index is 0.269. The molecule has 1 aliphatic heterocycles. The van der Waals surface area contributed by atoms with E-state index in [1.165, 1.54) is 6.33 Å². The van der Waals surface area contributed by atoms with E-state index in [0.29, 0.717) is 0 Å². The van der Waals surface area contributed by atoms with E-state index in [2.05, 4.69) is 25.9 Å². The van der Waals surface area contributed by atoms with E-state index < -0.39 is 5.97 Å². The maximum absolute atomic E-state index is 10.1. The van der Waals surface area contributed by atoms with Gasteiger partial charge < -0.3 is 10.4 Å². The summed E-state index contributed by atoms with van der Waals surface area (Å²) in [5.74, 6) is -0.720. The van der Waals surface area contributed by atoms with Crippen molar-refractivity contribution in [3.8, 4) is 0 Å². The summed E-state index contributed by atoms with van der Waals surface area (Å²) < 4.78 is 0. The molecular weight excluding hydrogens is 174 g/mol. The van der Waals surface area contributed by atoms with Crippen LogP contribution in [-0.2, 0) is 4.79 Å². The number of carboxylic acids is 1. The second kappa shape index (κ2) is 5.20. The average molecular weight is 185 g/mol. The van der Waals surface area contributed by atoms with Gasteiger partial charge in [0.05, 0.1) is 0 Å². The van der Waals surface area contributed by atoms with Crippen molar-refractivity contribution in [2.45, 2.75) is 18.9 Å². The Morgan fingerprint density at radius 1 is 1.62 bits per heavy atom. The van der Waals surface area contributed by atoms with E-state index in [-0.39, 0.29) is 6.04 Å². The molecule has 0 aliphatic carbocycles. The zero-order chi connectivity index (χ0) is 9.52. The fraction of sp³-hybridized carbons (Fsp3) is 0.667. The van der Waals surface area contributed by atoms with Crippen LogP contribution in [0, 0.1) is 0 Å². The monoisotopic (exact) mass is 185 g/mol. The van der Waals surface area contributed by atoms with Gasteiger partial charge in [-0.05, 0) is 29.8 Å². The molecule has 1 atom stereocenters. The maximum atomic E-state index is 10.1. The van der Waals surface area contributed by atoms with Gasteiger partial charge in [-0.2, -0.15) is 0 Å². The number of hydrogen-bond donors (Lipinski definition) is 3. The number of aromatic amines is 1. The Labute approximate surface area is 74.5 Å². The van der Waals surface area contributed by atoms with E-state index in [1.54, 1.807) is 0 Å². The Kier molecular flexibility index (Phi) is 3.83. The highest BCUT2D eigenvalue weighted by atomic mass is 16.4. The van der Waals surface area contributed by atoms with Crippen LogP contribution >= 0.6 is 0 Å². The number of nitrogens with zero attached hydrogens (tertiary/aromatic N) is 3. The molecule has 1 unspecified atom stereocenters. The molecule has 1 aliphatic rings. The van der Waals surface area contributed by atoms with Crippen LogP contribution in [0.25, 0.3) is 0 Å². The first-order chi connectivity index (χ1) is 6.30. The third-order valence-electron chi connectivity index (χ3n) is 1.63. The first-order valence-corrected chi connectivity index (χ1v) is 3.94. The zero-order valence-corrected chi connectivity index (χ0v) is 6.97. The summed E-state index contributed by atoms with van der Waals surface area (Å²) >= 11 is 0. The summed E-state index contributed by atoms with van der Waals surface area (Å²) in [7, 11) is 0. The summed E-state index contributed by atoms with van der Waals surface area (Å²) in [6.07, 6.45) is 3.19. The summed E-state index contributed by atoms with van der Waals surface area (Å²) in [5.41, 5.74) is 0. The van der Waals surface area contributed by atoms with Crippen LogP contribution < -0.4 is 5.32 Å². The molecule has 0 amide bonds. The first-order valence-electron chi connectivity index (χ1n) is 3.94. The van der Waals surface area contributed by atoms with Gasteiger partial charge in [0.1, 0.15) is 12.4 Å². The third-order valence-corrected chi connectivity index (χ3v) is 1.63. The lowest BCUT2D eigenvalue weighted by molar-refractivity contribution is -0.139. The van der Waals surface area contributed by atoms with Crippen LogP contribution in [0.1, 0.15) is 12.8 Å². The molecule has 1 aromatic rings. The van der Waals surface area contributed by atoms with E-state index in [0.717, 1.165) is 19.4 Å². The average Bonchev–Trinajstić information content (AvgIpc) is 2.82. The molecule has 2 rings (SSSR count). The Bertz CT molecular complexity index is 214. The van der Waals surface area contributed by atoms with Crippen molar-refractivity contribution in [3.05, 3.63) is 6.33 Å². The van der Waals surface area contributed by atoms with Crippen LogP contribution in [0.5, 0.6) is 0 Å². The molecule has 7 nitrogen and oxygen atoms in total. The largest absolute Gasteiger partial charge is 0.480 e. The van der Waals surface area contributed by atoms with Gasteiger partial charge in [-0.25, -0.2) is 5.10 Å². The highest BCUT2D eigenvalue weighted by Gasteiger charge is 2.20. The Balaban J connectivity index is 0.000000145. The Morgan fingerprint density at radius 3 is 2.69 bits per heavy atom.